The summed E-state index contributed by atoms with van der Waals surface area (Å²) in [6.07, 6.45) is 3.33. The molecule has 0 aliphatic heterocycles. The predicted octanol–water partition coefficient (Wildman–Crippen LogP) is 3.34. The Kier molecular flexibility index (Phi) is 2.77. The Hall–Kier alpha value is -1.90. The average Bonchev–Trinajstić information content (AvgIpc) is 2.38. The molecule has 0 fully saturated rings. The van der Waals surface area contributed by atoms with Crippen LogP contribution in [0.1, 0.15) is 37.9 Å². The number of rotatable bonds is 1. The van der Waals surface area contributed by atoms with Crippen LogP contribution in [0.5, 0.6) is 0 Å². The van der Waals surface area contributed by atoms with Gasteiger partial charge in [-0.3, -0.25) is 0 Å². The lowest BCUT2D eigenvalue weighted by Gasteiger charge is -2.32. The zero-order valence-electron chi connectivity index (χ0n) is 11.5. The van der Waals surface area contributed by atoms with Gasteiger partial charge in [0.15, 0.2) is 5.82 Å². The van der Waals surface area contributed by atoms with Gasteiger partial charge in [0.25, 0.3) is 0 Å². The molecular formula is C16H19N3. The number of aromatic nitrogens is 2. The van der Waals surface area contributed by atoms with Crippen LogP contribution in [0.2, 0.25) is 0 Å². The van der Waals surface area contributed by atoms with Crippen LogP contribution >= 0.6 is 0 Å². The SMILES string of the molecule is CC1(C)CCCc2nc(-c3ccccc3)nc(N)c21. The van der Waals surface area contributed by atoms with Crippen molar-refractivity contribution in [2.24, 2.45) is 0 Å². The van der Waals surface area contributed by atoms with Crippen molar-refractivity contribution in [1.82, 2.24) is 9.97 Å². The summed E-state index contributed by atoms with van der Waals surface area (Å²) in [4.78, 5) is 9.27. The fourth-order valence-electron chi connectivity index (χ4n) is 2.98. The van der Waals surface area contributed by atoms with Crippen LogP contribution in [0.3, 0.4) is 0 Å². The molecule has 3 nitrogen and oxygen atoms in total. The molecule has 0 saturated heterocycles. The number of nitrogens with zero attached hydrogens (tertiary/aromatic N) is 2. The quantitative estimate of drug-likeness (QED) is 0.848. The minimum Gasteiger partial charge on any atom is -0.383 e. The van der Waals surface area contributed by atoms with Crippen molar-refractivity contribution in [3.05, 3.63) is 41.6 Å². The van der Waals surface area contributed by atoms with Crippen LogP contribution in [0.25, 0.3) is 11.4 Å². The number of benzene rings is 1. The van der Waals surface area contributed by atoms with Gasteiger partial charge in [-0.15, -0.1) is 0 Å². The van der Waals surface area contributed by atoms with E-state index in [9.17, 15) is 0 Å². The maximum Gasteiger partial charge on any atom is 0.161 e. The molecule has 0 amide bonds. The second-order valence-corrected chi connectivity index (χ2v) is 5.86. The molecule has 19 heavy (non-hydrogen) atoms. The van der Waals surface area contributed by atoms with Gasteiger partial charge in [-0.2, -0.15) is 0 Å². The van der Waals surface area contributed by atoms with E-state index in [1.54, 1.807) is 0 Å². The van der Waals surface area contributed by atoms with Crippen molar-refractivity contribution in [2.45, 2.75) is 38.5 Å². The summed E-state index contributed by atoms with van der Waals surface area (Å²) in [7, 11) is 0. The third kappa shape index (κ3) is 2.09. The first-order valence-electron chi connectivity index (χ1n) is 6.80. The summed E-state index contributed by atoms with van der Waals surface area (Å²) in [6, 6.07) is 10.0. The van der Waals surface area contributed by atoms with E-state index in [1.807, 2.05) is 30.3 Å². The standard InChI is InChI=1S/C16H19N3/c1-16(2)10-6-9-12-13(16)14(17)19-15(18-12)11-7-4-3-5-8-11/h3-5,7-8H,6,9-10H2,1-2H3,(H2,17,18,19). The number of hydrogen-bond donors (Lipinski definition) is 1. The highest BCUT2D eigenvalue weighted by Crippen LogP contribution is 2.39. The van der Waals surface area contributed by atoms with Crippen LogP contribution in [0, 0.1) is 0 Å². The molecule has 1 aliphatic rings. The molecule has 2 N–H and O–H groups in total. The minimum absolute atomic E-state index is 0.0902. The Balaban J connectivity index is 2.15. The zero-order chi connectivity index (χ0) is 13.5. The highest BCUT2D eigenvalue weighted by atomic mass is 15.0. The first kappa shape index (κ1) is 12.2. The second-order valence-electron chi connectivity index (χ2n) is 5.86. The smallest absolute Gasteiger partial charge is 0.161 e. The Bertz CT molecular complexity index is 603. The Morgan fingerprint density at radius 2 is 1.84 bits per heavy atom. The molecule has 0 radical (unpaired) electrons. The maximum absolute atomic E-state index is 6.20. The molecule has 0 atom stereocenters. The first-order valence-corrected chi connectivity index (χ1v) is 6.80. The largest absolute Gasteiger partial charge is 0.383 e. The molecule has 0 spiro atoms. The topological polar surface area (TPSA) is 51.8 Å². The van der Waals surface area contributed by atoms with Gasteiger partial charge in [0.2, 0.25) is 0 Å². The second kappa shape index (κ2) is 4.34. The summed E-state index contributed by atoms with van der Waals surface area (Å²) in [5.41, 5.74) is 9.60. The Morgan fingerprint density at radius 3 is 2.58 bits per heavy atom. The predicted molar refractivity (Wildman–Crippen MR) is 77.8 cm³/mol. The van der Waals surface area contributed by atoms with E-state index in [0.29, 0.717) is 5.82 Å². The maximum atomic E-state index is 6.20. The molecular weight excluding hydrogens is 234 g/mol. The molecule has 3 heteroatoms. The van der Waals surface area contributed by atoms with Gasteiger partial charge in [-0.05, 0) is 24.7 Å². The van der Waals surface area contributed by atoms with E-state index in [-0.39, 0.29) is 5.41 Å². The summed E-state index contributed by atoms with van der Waals surface area (Å²) in [6.45, 7) is 4.46. The molecule has 1 aromatic carbocycles. The van der Waals surface area contributed by atoms with Crippen molar-refractivity contribution in [3.63, 3.8) is 0 Å². The van der Waals surface area contributed by atoms with Gasteiger partial charge < -0.3 is 5.73 Å². The van der Waals surface area contributed by atoms with Crippen molar-refractivity contribution in [1.29, 1.82) is 0 Å². The molecule has 2 aromatic rings. The molecule has 0 unspecified atom stereocenters. The monoisotopic (exact) mass is 253 g/mol. The summed E-state index contributed by atoms with van der Waals surface area (Å²) in [5.74, 6) is 1.39. The van der Waals surface area contributed by atoms with Crippen LogP contribution in [-0.4, -0.2) is 9.97 Å². The van der Waals surface area contributed by atoms with E-state index in [4.69, 9.17) is 10.7 Å². The molecule has 98 valence electrons. The average molecular weight is 253 g/mol. The van der Waals surface area contributed by atoms with Crippen molar-refractivity contribution >= 4 is 5.82 Å². The number of nitrogens with two attached hydrogens (primary N) is 1. The van der Waals surface area contributed by atoms with Gasteiger partial charge in [0, 0.05) is 11.1 Å². The van der Waals surface area contributed by atoms with E-state index in [0.717, 1.165) is 35.5 Å². The lowest BCUT2D eigenvalue weighted by Crippen LogP contribution is -2.27. The van der Waals surface area contributed by atoms with Crippen molar-refractivity contribution < 1.29 is 0 Å². The fourth-order valence-corrected chi connectivity index (χ4v) is 2.98. The number of fused-ring (bicyclic) bond motifs is 1. The van der Waals surface area contributed by atoms with Crippen LogP contribution in [-0.2, 0) is 11.8 Å². The van der Waals surface area contributed by atoms with E-state index in [2.05, 4.69) is 18.8 Å². The molecule has 0 saturated carbocycles. The molecule has 0 bridgehead atoms. The molecule has 1 heterocycles. The number of nitrogen functional groups attached to an aromatic ring is 1. The first-order chi connectivity index (χ1) is 9.08. The van der Waals surface area contributed by atoms with Crippen molar-refractivity contribution in [3.8, 4) is 11.4 Å². The van der Waals surface area contributed by atoms with E-state index < -0.39 is 0 Å². The van der Waals surface area contributed by atoms with Gasteiger partial charge in [-0.25, -0.2) is 9.97 Å². The molecule has 3 rings (SSSR count). The molecule has 1 aromatic heterocycles. The van der Waals surface area contributed by atoms with E-state index >= 15 is 0 Å². The number of aryl methyl sites for hydroxylation is 1. The van der Waals surface area contributed by atoms with Gasteiger partial charge in [0.1, 0.15) is 5.82 Å². The third-order valence-corrected chi connectivity index (χ3v) is 3.94. The summed E-state index contributed by atoms with van der Waals surface area (Å²) < 4.78 is 0. The Morgan fingerprint density at radius 1 is 1.11 bits per heavy atom. The van der Waals surface area contributed by atoms with Crippen LogP contribution in [0.4, 0.5) is 5.82 Å². The number of anilines is 1. The fraction of sp³-hybridized carbons (Fsp3) is 0.375. The van der Waals surface area contributed by atoms with Gasteiger partial charge >= 0.3 is 0 Å². The number of hydrogen-bond acceptors (Lipinski definition) is 3. The normalized spacial score (nSPS) is 16.9. The highest BCUT2D eigenvalue weighted by Gasteiger charge is 2.31. The summed E-state index contributed by atoms with van der Waals surface area (Å²) >= 11 is 0. The van der Waals surface area contributed by atoms with Crippen molar-refractivity contribution in [2.75, 3.05) is 5.73 Å². The summed E-state index contributed by atoms with van der Waals surface area (Å²) in [5, 5.41) is 0. The van der Waals surface area contributed by atoms with Gasteiger partial charge in [0.05, 0.1) is 5.69 Å². The van der Waals surface area contributed by atoms with E-state index in [1.165, 1.54) is 6.42 Å². The minimum atomic E-state index is 0.0902. The van der Waals surface area contributed by atoms with Crippen LogP contribution in [0.15, 0.2) is 30.3 Å². The zero-order valence-corrected chi connectivity index (χ0v) is 11.5. The highest BCUT2D eigenvalue weighted by molar-refractivity contribution is 5.60. The van der Waals surface area contributed by atoms with Crippen LogP contribution < -0.4 is 5.73 Å². The third-order valence-electron chi connectivity index (χ3n) is 3.94. The Labute approximate surface area is 113 Å². The lowest BCUT2D eigenvalue weighted by molar-refractivity contribution is 0.426. The molecule has 1 aliphatic carbocycles. The van der Waals surface area contributed by atoms with Gasteiger partial charge in [-0.1, -0.05) is 44.2 Å². The lowest BCUT2D eigenvalue weighted by atomic mass is 9.74.